The molecule has 1 aromatic heterocycles. The lowest BCUT2D eigenvalue weighted by Crippen LogP contribution is -2.33. The van der Waals surface area contributed by atoms with Crippen molar-refractivity contribution in [3.8, 4) is 0 Å². The lowest BCUT2D eigenvalue weighted by molar-refractivity contribution is -0.134. The zero-order valence-electron chi connectivity index (χ0n) is 10.9. The fourth-order valence-electron chi connectivity index (χ4n) is 3.16. The van der Waals surface area contributed by atoms with Gasteiger partial charge in [-0.2, -0.15) is 5.10 Å². The number of carbonyl (C=O) groups is 1. The van der Waals surface area contributed by atoms with Crippen molar-refractivity contribution >= 4 is 23.2 Å². The Morgan fingerprint density at radius 3 is 2.74 bits per heavy atom. The number of halogens is 1. The fraction of sp³-hybridized carbons (Fsp3) is 0.692. The molecular formula is C13H19ClN4O. The highest BCUT2D eigenvalue weighted by Gasteiger charge is 2.33. The molecular weight excluding hydrogens is 264 g/mol. The molecule has 0 aromatic carbocycles. The first-order valence-corrected chi connectivity index (χ1v) is 7.32. The average molecular weight is 283 g/mol. The van der Waals surface area contributed by atoms with Crippen molar-refractivity contribution in [3.63, 3.8) is 0 Å². The summed E-state index contributed by atoms with van der Waals surface area (Å²) in [5.41, 5.74) is 6.21. The highest BCUT2D eigenvalue weighted by Crippen LogP contribution is 2.30. The van der Waals surface area contributed by atoms with Gasteiger partial charge in [0.15, 0.2) is 5.15 Å². The van der Waals surface area contributed by atoms with Crippen LogP contribution in [0.4, 0.5) is 5.69 Å². The molecule has 5 nitrogen and oxygen atoms in total. The Balaban J connectivity index is 1.65. The van der Waals surface area contributed by atoms with E-state index in [1.807, 2.05) is 4.90 Å². The van der Waals surface area contributed by atoms with Crippen LogP contribution < -0.4 is 5.73 Å². The third kappa shape index (κ3) is 2.43. The molecule has 0 unspecified atom stereocenters. The zero-order valence-corrected chi connectivity index (χ0v) is 11.6. The van der Waals surface area contributed by atoms with E-state index in [0.29, 0.717) is 16.7 Å². The van der Waals surface area contributed by atoms with Crippen LogP contribution in [0.2, 0.25) is 5.15 Å². The van der Waals surface area contributed by atoms with Gasteiger partial charge in [0, 0.05) is 25.2 Å². The van der Waals surface area contributed by atoms with E-state index in [0.717, 1.165) is 32.4 Å². The molecule has 2 aliphatic rings. The molecule has 1 aliphatic carbocycles. The van der Waals surface area contributed by atoms with Gasteiger partial charge in [0.1, 0.15) is 0 Å². The van der Waals surface area contributed by atoms with E-state index in [1.54, 1.807) is 10.9 Å². The smallest absolute Gasteiger partial charge is 0.225 e. The summed E-state index contributed by atoms with van der Waals surface area (Å²) in [6.45, 7) is 1.55. The van der Waals surface area contributed by atoms with Crippen molar-refractivity contribution in [2.24, 2.45) is 5.92 Å². The molecule has 3 rings (SSSR count). The van der Waals surface area contributed by atoms with E-state index < -0.39 is 0 Å². The van der Waals surface area contributed by atoms with Crippen molar-refractivity contribution in [2.45, 2.75) is 38.1 Å². The van der Waals surface area contributed by atoms with Crippen LogP contribution in [0, 0.1) is 5.92 Å². The molecule has 1 amide bonds. The predicted molar refractivity (Wildman–Crippen MR) is 73.8 cm³/mol. The van der Waals surface area contributed by atoms with Gasteiger partial charge in [0.05, 0.1) is 11.7 Å². The molecule has 1 aliphatic heterocycles. The molecule has 6 heteroatoms. The van der Waals surface area contributed by atoms with Gasteiger partial charge in [-0.1, -0.05) is 24.4 Å². The van der Waals surface area contributed by atoms with Crippen LogP contribution in [-0.4, -0.2) is 33.7 Å². The SMILES string of the molecule is Nc1cn([C@@H]2CCN(C(=O)C3CCCC3)C2)nc1Cl. The lowest BCUT2D eigenvalue weighted by atomic mass is 10.1. The Bertz CT molecular complexity index is 461. The number of rotatable bonds is 2. The minimum Gasteiger partial charge on any atom is -0.395 e. The molecule has 1 atom stereocenters. The number of aromatic nitrogens is 2. The number of amides is 1. The molecule has 1 saturated carbocycles. The van der Waals surface area contributed by atoms with E-state index in [9.17, 15) is 4.79 Å². The largest absolute Gasteiger partial charge is 0.395 e. The van der Waals surface area contributed by atoms with E-state index in [-0.39, 0.29) is 12.0 Å². The maximum Gasteiger partial charge on any atom is 0.225 e. The summed E-state index contributed by atoms with van der Waals surface area (Å²) < 4.78 is 1.81. The summed E-state index contributed by atoms with van der Waals surface area (Å²) in [4.78, 5) is 14.3. The first-order valence-electron chi connectivity index (χ1n) is 6.94. The van der Waals surface area contributed by atoms with Gasteiger partial charge in [-0.3, -0.25) is 9.48 Å². The van der Waals surface area contributed by atoms with Crippen molar-refractivity contribution in [1.29, 1.82) is 0 Å². The maximum atomic E-state index is 12.3. The highest BCUT2D eigenvalue weighted by molar-refractivity contribution is 6.31. The highest BCUT2D eigenvalue weighted by atomic mass is 35.5. The summed E-state index contributed by atoms with van der Waals surface area (Å²) in [5, 5.41) is 4.55. The number of hydrogen-bond acceptors (Lipinski definition) is 3. The number of hydrogen-bond donors (Lipinski definition) is 1. The topological polar surface area (TPSA) is 64.2 Å². The summed E-state index contributed by atoms with van der Waals surface area (Å²) in [7, 11) is 0. The summed E-state index contributed by atoms with van der Waals surface area (Å²) >= 11 is 5.87. The second-order valence-corrected chi connectivity index (χ2v) is 5.92. The normalized spacial score (nSPS) is 24.3. The molecule has 2 N–H and O–H groups in total. The van der Waals surface area contributed by atoms with Gasteiger partial charge < -0.3 is 10.6 Å². The van der Waals surface area contributed by atoms with E-state index in [2.05, 4.69) is 5.10 Å². The monoisotopic (exact) mass is 282 g/mol. The predicted octanol–water partition coefficient (Wildman–Crippen LogP) is 2.08. The van der Waals surface area contributed by atoms with Crippen molar-refractivity contribution < 1.29 is 4.79 Å². The van der Waals surface area contributed by atoms with Gasteiger partial charge in [-0.15, -0.1) is 0 Å². The Kier molecular flexibility index (Phi) is 3.39. The van der Waals surface area contributed by atoms with Crippen LogP contribution in [0.3, 0.4) is 0 Å². The zero-order chi connectivity index (χ0) is 13.4. The summed E-state index contributed by atoms with van der Waals surface area (Å²) in [5.74, 6) is 0.580. The molecule has 0 bridgehead atoms. The van der Waals surface area contributed by atoms with Crippen LogP contribution in [0.5, 0.6) is 0 Å². The Morgan fingerprint density at radius 2 is 2.11 bits per heavy atom. The van der Waals surface area contributed by atoms with E-state index in [4.69, 9.17) is 17.3 Å². The third-order valence-electron chi connectivity index (χ3n) is 4.27. The van der Waals surface area contributed by atoms with Crippen molar-refractivity contribution in [1.82, 2.24) is 14.7 Å². The third-order valence-corrected chi connectivity index (χ3v) is 4.56. The number of nitrogen functional groups attached to an aromatic ring is 1. The molecule has 1 aromatic rings. The minimum absolute atomic E-state index is 0.208. The molecule has 19 heavy (non-hydrogen) atoms. The Labute approximate surface area is 117 Å². The second kappa shape index (κ2) is 5.04. The average Bonchev–Trinajstić information content (AvgIpc) is 3.10. The van der Waals surface area contributed by atoms with Gasteiger partial charge >= 0.3 is 0 Å². The van der Waals surface area contributed by atoms with Crippen molar-refractivity contribution in [3.05, 3.63) is 11.3 Å². The number of likely N-dealkylation sites (tertiary alicyclic amines) is 1. The van der Waals surface area contributed by atoms with Crippen molar-refractivity contribution in [2.75, 3.05) is 18.8 Å². The van der Waals surface area contributed by atoms with Crippen LogP contribution in [0.25, 0.3) is 0 Å². The van der Waals surface area contributed by atoms with Gasteiger partial charge in [-0.25, -0.2) is 0 Å². The van der Waals surface area contributed by atoms with Crippen LogP contribution in [0.1, 0.15) is 38.1 Å². The second-order valence-electron chi connectivity index (χ2n) is 5.56. The standard InChI is InChI=1S/C13H19ClN4O/c14-12-11(15)8-18(16-12)10-5-6-17(7-10)13(19)9-3-1-2-4-9/h8-10H,1-7,15H2/t10-/m1/s1. The van der Waals surface area contributed by atoms with Gasteiger partial charge in [-0.05, 0) is 19.3 Å². The first-order chi connectivity index (χ1) is 9.15. The van der Waals surface area contributed by atoms with Crippen LogP contribution in [-0.2, 0) is 4.79 Å². The summed E-state index contributed by atoms with van der Waals surface area (Å²) in [6, 6.07) is 0.208. The summed E-state index contributed by atoms with van der Waals surface area (Å²) in [6.07, 6.45) is 7.19. The first kappa shape index (κ1) is 12.8. The van der Waals surface area contributed by atoms with E-state index >= 15 is 0 Å². The number of nitrogens with zero attached hydrogens (tertiary/aromatic N) is 3. The van der Waals surface area contributed by atoms with Gasteiger partial charge in [0.2, 0.25) is 5.91 Å². The molecule has 2 heterocycles. The van der Waals surface area contributed by atoms with Crippen LogP contribution >= 0.6 is 11.6 Å². The Morgan fingerprint density at radius 1 is 1.37 bits per heavy atom. The van der Waals surface area contributed by atoms with Gasteiger partial charge in [0.25, 0.3) is 0 Å². The molecule has 1 saturated heterocycles. The number of anilines is 1. The number of carbonyl (C=O) groups excluding carboxylic acids is 1. The molecule has 104 valence electrons. The minimum atomic E-state index is 0.208. The Hall–Kier alpha value is -1.23. The quantitative estimate of drug-likeness (QED) is 0.903. The number of nitrogens with two attached hydrogens (primary N) is 1. The maximum absolute atomic E-state index is 12.3. The molecule has 0 radical (unpaired) electrons. The molecule has 0 spiro atoms. The fourth-order valence-corrected chi connectivity index (χ4v) is 3.30. The van der Waals surface area contributed by atoms with E-state index in [1.165, 1.54) is 12.8 Å². The lowest BCUT2D eigenvalue weighted by Gasteiger charge is -2.20. The molecule has 2 fully saturated rings. The van der Waals surface area contributed by atoms with Crippen LogP contribution in [0.15, 0.2) is 6.20 Å².